The summed E-state index contributed by atoms with van der Waals surface area (Å²) < 4.78 is 43.6. The fourth-order valence-electron chi connectivity index (χ4n) is 5.10. The van der Waals surface area contributed by atoms with E-state index < -0.39 is 17.9 Å². The number of rotatable bonds is 8. The Labute approximate surface area is 244 Å². The second-order valence-corrected chi connectivity index (χ2v) is 10.2. The molecule has 0 saturated carbocycles. The van der Waals surface area contributed by atoms with Crippen molar-refractivity contribution < 1.29 is 22.8 Å². The van der Waals surface area contributed by atoms with Gasteiger partial charge in [0.1, 0.15) is 12.6 Å². The molecule has 1 saturated heterocycles. The Kier molecular flexibility index (Phi) is 8.05. The van der Waals surface area contributed by atoms with Gasteiger partial charge in [-0.3, -0.25) is 18.7 Å². The monoisotopic (exact) mass is 594 g/mol. The van der Waals surface area contributed by atoms with Gasteiger partial charge in [-0.1, -0.05) is 6.92 Å². The lowest BCUT2D eigenvalue weighted by molar-refractivity contribution is -0.141. The Bertz CT molecular complexity index is 1720. The molecule has 1 aliphatic rings. The summed E-state index contributed by atoms with van der Waals surface area (Å²) in [5.74, 6) is -0.298. The van der Waals surface area contributed by atoms with Crippen LogP contribution in [0.4, 0.5) is 24.7 Å². The summed E-state index contributed by atoms with van der Waals surface area (Å²) >= 11 is 0. The molecule has 4 aromatic rings. The van der Waals surface area contributed by atoms with Gasteiger partial charge in [0.05, 0.1) is 23.5 Å². The number of aromatic nitrogens is 5. The van der Waals surface area contributed by atoms with E-state index in [1.54, 1.807) is 36.1 Å². The van der Waals surface area contributed by atoms with E-state index in [-0.39, 0.29) is 47.1 Å². The maximum Gasteiger partial charge on any atom is 0.435 e. The van der Waals surface area contributed by atoms with Crippen molar-refractivity contribution in [3.63, 3.8) is 0 Å². The van der Waals surface area contributed by atoms with Gasteiger partial charge in [-0.15, -0.1) is 0 Å². The van der Waals surface area contributed by atoms with Crippen LogP contribution in [0.5, 0.6) is 0 Å². The summed E-state index contributed by atoms with van der Waals surface area (Å²) in [7, 11) is 0. The number of anilines is 2. The normalized spacial score (nSPS) is 15.8. The van der Waals surface area contributed by atoms with Crippen LogP contribution in [-0.4, -0.2) is 66.0 Å². The molecule has 2 atom stereocenters. The lowest BCUT2D eigenvalue weighted by atomic mass is 10.0. The van der Waals surface area contributed by atoms with Gasteiger partial charge in [-0.25, -0.2) is 9.97 Å². The number of nitrogens with two attached hydrogens (primary N) is 1. The lowest BCUT2D eigenvalue weighted by Crippen LogP contribution is -2.46. The number of likely N-dealkylation sites (tertiary alicyclic amines) is 1. The number of alkyl halides is 3. The van der Waals surface area contributed by atoms with Gasteiger partial charge in [0, 0.05) is 49.0 Å². The molecule has 224 valence electrons. The standard InChI is InChI=1S/C28H29F3N10O2/c1-3-17-12-19(4-5-20(17)26(42)36-16(2)27(43)39-9-6-18(33)14-39)37-24-25-35-13-22(41(25)11-8-34-24)21-15-40(10-7-32)38-23(21)28(29,30)31/h4-5,8,11-13,15-16,18H,3,6,9-10,14,33H2,1-2H3,(H,34,37)(H,36,42)/t16-,18-/m1/s1. The first-order chi connectivity index (χ1) is 20.5. The fourth-order valence-corrected chi connectivity index (χ4v) is 5.10. The molecular formula is C28H29F3N10O2. The number of nitriles is 1. The first-order valence-electron chi connectivity index (χ1n) is 13.6. The third kappa shape index (κ3) is 6.00. The number of imidazole rings is 1. The zero-order valence-electron chi connectivity index (χ0n) is 23.4. The van der Waals surface area contributed by atoms with Crippen molar-refractivity contribution in [1.29, 1.82) is 5.26 Å². The minimum absolute atomic E-state index is 0.0571. The molecule has 4 N–H and O–H groups in total. The molecule has 0 spiro atoms. The third-order valence-corrected chi connectivity index (χ3v) is 7.21. The summed E-state index contributed by atoms with van der Waals surface area (Å²) in [4.78, 5) is 36.1. The smallest absolute Gasteiger partial charge is 0.341 e. The molecule has 0 radical (unpaired) electrons. The van der Waals surface area contributed by atoms with Crippen LogP contribution in [0.15, 0.2) is 43.0 Å². The number of fused-ring (bicyclic) bond motifs is 1. The first-order valence-corrected chi connectivity index (χ1v) is 13.6. The van der Waals surface area contributed by atoms with E-state index in [1.807, 2.05) is 6.92 Å². The largest absolute Gasteiger partial charge is 0.435 e. The number of hydrogen-bond donors (Lipinski definition) is 3. The van der Waals surface area contributed by atoms with E-state index in [4.69, 9.17) is 11.0 Å². The third-order valence-electron chi connectivity index (χ3n) is 7.21. The SMILES string of the molecule is CCc1cc(Nc2nccn3c(-c4cn(CC#N)nc4C(F)(F)F)cnc23)ccc1C(=O)N[C@H](C)C(=O)N1CC[C@@H](N)C1. The molecule has 4 heterocycles. The van der Waals surface area contributed by atoms with Crippen LogP contribution >= 0.6 is 0 Å². The van der Waals surface area contributed by atoms with Crippen LogP contribution < -0.4 is 16.4 Å². The minimum Gasteiger partial charge on any atom is -0.341 e. The van der Waals surface area contributed by atoms with Crippen molar-refractivity contribution in [3.8, 4) is 17.3 Å². The number of benzene rings is 1. The number of halogens is 3. The molecule has 5 rings (SSSR count). The molecular weight excluding hydrogens is 565 g/mol. The van der Waals surface area contributed by atoms with Crippen molar-refractivity contribution >= 4 is 29.0 Å². The van der Waals surface area contributed by atoms with Crippen LogP contribution in [0, 0.1) is 11.3 Å². The van der Waals surface area contributed by atoms with E-state index in [0.29, 0.717) is 36.3 Å². The molecule has 2 amide bonds. The van der Waals surface area contributed by atoms with Crippen LogP contribution in [0.25, 0.3) is 16.9 Å². The van der Waals surface area contributed by atoms with Crippen molar-refractivity contribution in [3.05, 3.63) is 59.8 Å². The number of nitrogens with zero attached hydrogens (tertiary/aromatic N) is 7. The molecule has 3 aromatic heterocycles. The number of nitrogens with one attached hydrogen (secondary N) is 2. The Hall–Kier alpha value is -4.97. The maximum absolute atomic E-state index is 13.8. The lowest BCUT2D eigenvalue weighted by Gasteiger charge is -2.22. The van der Waals surface area contributed by atoms with Crippen LogP contribution in [0.1, 0.15) is 41.9 Å². The van der Waals surface area contributed by atoms with Gasteiger partial charge in [-0.2, -0.15) is 23.5 Å². The molecule has 15 heteroatoms. The second kappa shape index (κ2) is 11.7. The van der Waals surface area contributed by atoms with Crippen molar-refractivity contribution in [1.82, 2.24) is 34.4 Å². The molecule has 1 aliphatic heterocycles. The number of hydrogen-bond acceptors (Lipinski definition) is 8. The Balaban J connectivity index is 1.38. The van der Waals surface area contributed by atoms with E-state index in [0.717, 1.165) is 17.3 Å². The van der Waals surface area contributed by atoms with Gasteiger partial charge in [0.2, 0.25) is 5.91 Å². The summed E-state index contributed by atoms with van der Waals surface area (Å²) in [5.41, 5.74) is 6.63. The summed E-state index contributed by atoms with van der Waals surface area (Å²) in [6.45, 7) is 4.22. The Morgan fingerprint density at radius 2 is 2.07 bits per heavy atom. The molecule has 12 nitrogen and oxygen atoms in total. The predicted molar refractivity (Wildman–Crippen MR) is 150 cm³/mol. The Morgan fingerprint density at radius 1 is 1.28 bits per heavy atom. The molecule has 43 heavy (non-hydrogen) atoms. The number of amides is 2. The van der Waals surface area contributed by atoms with Crippen molar-refractivity contribution in [2.24, 2.45) is 5.73 Å². The summed E-state index contributed by atoms with van der Waals surface area (Å²) in [5, 5.41) is 18.4. The minimum atomic E-state index is -4.74. The molecule has 1 aromatic carbocycles. The zero-order valence-corrected chi connectivity index (χ0v) is 23.4. The molecule has 1 fully saturated rings. The van der Waals surface area contributed by atoms with E-state index >= 15 is 0 Å². The average molecular weight is 595 g/mol. The highest BCUT2D eigenvalue weighted by Gasteiger charge is 2.38. The highest BCUT2D eigenvalue weighted by molar-refractivity contribution is 5.99. The quantitative estimate of drug-likeness (QED) is 0.281. The molecule has 0 unspecified atom stereocenters. The number of aryl methyl sites for hydroxylation is 1. The summed E-state index contributed by atoms with van der Waals surface area (Å²) in [6, 6.07) is 6.08. The maximum atomic E-state index is 13.8. The predicted octanol–water partition coefficient (Wildman–Crippen LogP) is 3.12. The molecule has 0 aliphatic carbocycles. The van der Waals surface area contributed by atoms with Crippen molar-refractivity contribution in [2.75, 3.05) is 18.4 Å². The van der Waals surface area contributed by atoms with Crippen LogP contribution in [0.2, 0.25) is 0 Å². The van der Waals surface area contributed by atoms with Crippen LogP contribution in [-0.2, 0) is 23.9 Å². The van der Waals surface area contributed by atoms with Gasteiger partial charge < -0.3 is 21.3 Å². The molecule has 0 bridgehead atoms. The average Bonchev–Trinajstić information content (AvgIpc) is 3.71. The van der Waals surface area contributed by atoms with Gasteiger partial charge in [0.15, 0.2) is 17.2 Å². The Morgan fingerprint density at radius 3 is 2.74 bits per heavy atom. The summed E-state index contributed by atoms with van der Waals surface area (Å²) in [6.07, 6.45) is 1.84. The van der Waals surface area contributed by atoms with Gasteiger partial charge in [-0.05, 0) is 43.5 Å². The van der Waals surface area contributed by atoms with E-state index in [1.165, 1.54) is 23.0 Å². The van der Waals surface area contributed by atoms with Gasteiger partial charge >= 0.3 is 6.18 Å². The number of carbonyl (C=O) groups excluding carboxylic acids is 2. The van der Waals surface area contributed by atoms with Crippen LogP contribution in [0.3, 0.4) is 0 Å². The second-order valence-electron chi connectivity index (χ2n) is 10.2. The van der Waals surface area contributed by atoms with E-state index in [9.17, 15) is 22.8 Å². The zero-order chi connectivity index (χ0) is 30.9. The first kappa shape index (κ1) is 29.5. The van der Waals surface area contributed by atoms with Gasteiger partial charge in [0.25, 0.3) is 5.91 Å². The topological polar surface area (TPSA) is 159 Å². The highest BCUT2D eigenvalue weighted by atomic mass is 19.4. The van der Waals surface area contributed by atoms with Crippen molar-refractivity contribution in [2.45, 2.75) is 51.5 Å². The number of carbonyl (C=O) groups is 2. The highest BCUT2D eigenvalue weighted by Crippen LogP contribution is 2.37. The van der Waals surface area contributed by atoms with E-state index in [2.05, 4.69) is 25.7 Å². The fraction of sp³-hybridized carbons (Fsp3) is 0.357.